The standard InChI is InChI=1S/C27H33N3O5/c1-15(2)25(24-11-17(4)29-35-24)27(33)30-13-21(31)12-22(30)23(32)10-16(3)19-6-8-20(9-7-19)26-18(5)28-14-34-26/h6-9,11,14-16,21-22,25,31H,10,12-13H2,1-5H3/t16-,21-,22+,25-/m1/s1. The number of carbonyl (C=O) groups is 2. The number of amides is 1. The van der Waals surface area contributed by atoms with E-state index in [2.05, 4.69) is 10.1 Å². The fourth-order valence-electron chi connectivity index (χ4n) is 4.90. The topological polar surface area (TPSA) is 110 Å². The lowest BCUT2D eigenvalue weighted by atomic mass is 9.89. The lowest BCUT2D eigenvalue weighted by molar-refractivity contribution is -0.140. The molecule has 1 aliphatic heterocycles. The normalized spacial score (nSPS) is 19.8. The van der Waals surface area contributed by atoms with Gasteiger partial charge in [0.2, 0.25) is 5.91 Å². The number of aliphatic hydroxyl groups is 1. The van der Waals surface area contributed by atoms with Gasteiger partial charge in [-0.25, -0.2) is 4.98 Å². The first-order chi connectivity index (χ1) is 16.7. The lowest BCUT2D eigenvalue weighted by Crippen LogP contribution is -2.44. The number of carbonyl (C=O) groups excluding carboxylic acids is 2. The molecule has 2 aromatic heterocycles. The zero-order valence-electron chi connectivity index (χ0n) is 20.9. The van der Waals surface area contributed by atoms with E-state index in [1.54, 1.807) is 13.0 Å². The predicted molar refractivity (Wildman–Crippen MR) is 130 cm³/mol. The summed E-state index contributed by atoms with van der Waals surface area (Å²) in [6.45, 7) is 9.72. The molecule has 3 heterocycles. The van der Waals surface area contributed by atoms with Crippen LogP contribution in [-0.2, 0) is 9.59 Å². The van der Waals surface area contributed by atoms with Crippen LogP contribution in [0.5, 0.6) is 0 Å². The molecule has 8 heteroatoms. The van der Waals surface area contributed by atoms with E-state index in [9.17, 15) is 14.7 Å². The molecule has 3 aromatic rings. The first kappa shape index (κ1) is 24.9. The number of aromatic nitrogens is 2. The number of likely N-dealkylation sites (tertiary alicyclic amines) is 1. The number of hydrogen-bond acceptors (Lipinski definition) is 7. The second-order valence-corrected chi connectivity index (χ2v) is 9.95. The minimum absolute atomic E-state index is 0.0418. The van der Waals surface area contributed by atoms with E-state index in [0.717, 1.165) is 22.6 Å². The number of hydrogen-bond donors (Lipinski definition) is 1. The molecule has 0 unspecified atom stereocenters. The molecule has 0 radical (unpaired) electrons. The number of aryl methyl sites for hydroxylation is 2. The molecule has 4 atom stereocenters. The van der Waals surface area contributed by atoms with Crippen molar-refractivity contribution in [2.45, 2.75) is 71.4 Å². The Bertz CT molecular complexity index is 1180. The molecular weight excluding hydrogens is 446 g/mol. The summed E-state index contributed by atoms with van der Waals surface area (Å²) in [6, 6.07) is 9.02. The fraction of sp³-hybridized carbons (Fsp3) is 0.481. The van der Waals surface area contributed by atoms with Gasteiger partial charge in [-0.15, -0.1) is 0 Å². The molecule has 1 aromatic carbocycles. The first-order valence-electron chi connectivity index (χ1n) is 12.1. The molecule has 0 bridgehead atoms. The second-order valence-electron chi connectivity index (χ2n) is 9.95. The fourth-order valence-corrected chi connectivity index (χ4v) is 4.90. The third-order valence-corrected chi connectivity index (χ3v) is 6.81. The third-order valence-electron chi connectivity index (χ3n) is 6.81. The monoisotopic (exact) mass is 479 g/mol. The minimum atomic E-state index is -0.725. The van der Waals surface area contributed by atoms with Crippen LogP contribution < -0.4 is 0 Å². The van der Waals surface area contributed by atoms with Crippen LogP contribution in [0.1, 0.15) is 68.2 Å². The summed E-state index contributed by atoms with van der Waals surface area (Å²) in [5.41, 5.74) is 3.48. The number of rotatable bonds is 8. The number of β-amino-alcohol motifs (C(OH)–C–C–N with tert-alkyl or cyclic N) is 1. The number of benzene rings is 1. The van der Waals surface area contributed by atoms with E-state index >= 15 is 0 Å². The van der Waals surface area contributed by atoms with Crippen molar-refractivity contribution in [2.24, 2.45) is 5.92 Å². The maximum absolute atomic E-state index is 13.6. The van der Waals surface area contributed by atoms with Gasteiger partial charge in [-0.3, -0.25) is 9.59 Å². The Labute approximate surface area is 205 Å². The summed E-state index contributed by atoms with van der Waals surface area (Å²) in [5, 5.41) is 14.3. The molecule has 4 rings (SSSR count). The van der Waals surface area contributed by atoms with E-state index in [1.165, 1.54) is 11.3 Å². The summed E-state index contributed by atoms with van der Waals surface area (Å²) < 4.78 is 10.9. The molecule has 35 heavy (non-hydrogen) atoms. The van der Waals surface area contributed by atoms with Crippen molar-refractivity contribution in [3.8, 4) is 11.3 Å². The molecule has 0 saturated carbocycles. The number of oxazole rings is 1. The van der Waals surface area contributed by atoms with Crippen LogP contribution in [0.4, 0.5) is 0 Å². The molecule has 0 aliphatic carbocycles. The van der Waals surface area contributed by atoms with Crippen molar-refractivity contribution in [3.05, 3.63) is 59.4 Å². The Morgan fingerprint density at radius 1 is 1.17 bits per heavy atom. The van der Waals surface area contributed by atoms with Crippen LogP contribution in [0.3, 0.4) is 0 Å². The molecular formula is C27H33N3O5. The molecule has 1 fully saturated rings. The predicted octanol–water partition coefficient (Wildman–Crippen LogP) is 4.41. The summed E-state index contributed by atoms with van der Waals surface area (Å²) in [5.74, 6) is 0.329. The maximum atomic E-state index is 13.6. The minimum Gasteiger partial charge on any atom is -0.443 e. The Morgan fingerprint density at radius 2 is 1.89 bits per heavy atom. The van der Waals surface area contributed by atoms with Crippen LogP contribution in [-0.4, -0.2) is 50.5 Å². The first-order valence-corrected chi connectivity index (χ1v) is 12.1. The van der Waals surface area contributed by atoms with Gasteiger partial charge in [0, 0.05) is 31.0 Å². The lowest BCUT2D eigenvalue weighted by Gasteiger charge is -2.29. The molecule has 186 valence electrons. The number of ketones is 1. The number of Topliss-reactive ketones (excluding diaryl/α,β-unsaturated/α-hetero) is 1. The Hall–Kier alpha value is -3.26. The zero-order chi connectivity index (χ0) is 25.3. The molecule has 1 saturated heterocycles. The van der Waals surface area contributed by atoms with Crippen LogP contribution in [0, 0.1) is 19.8 Å². The SMILES string of the molecule is Cc1cc([C@H](C(=O)N2C[C@H](O)C[C@H]2C(=O)C[C@@H](C)c2ccc(-c3ocnc3C)cc2)C(C)C)on1. The van der Waals surface area contributed by atoms with Crippen molar-refractivity contribution >= 4 is 11.7 Å². The summed E-state index contributed by atoms with van der Waals surface area (Å²) in [7, 11) is 0. The highest BCUT2D eigenvalue weighted by atomic mass is 16.5. The number of aliphatic hydroxyl groups excluding tert-OH is 1. The Kier molecular flexibility index (Phi) is 7.21. The summed E-state index contributed by atoms with van der Waals surface area (Å²) >= 11 is 0. The molecule has 0 spiro atoms. The zero-order valence-corrected chi connectivity index (χ0v) is 20.9. The summed E-state index contributed by atoms with van der Waals surface area (Å²) in [4.78, 5) is 32.6. The van der Waals surface area contributed by atoms with E-state index in [1.807, 2.05) is 52.0 Å². The van der Waals surface area contributed by atoms with Crippen molar-refractivity contribution in [3.63, 3.8) is 0 Å². The highest BCUT2D eigenvalue weighted by Gasteiger charge is 2.43. The highest BCUT2D eigenvalue weighted by molar-refractivity contribution is 5.92. The van der Waals surface area contributed by atoms with Crippen molar-refractivity contribution in [1.82, 2.24) is 15.0 Å². The second kappa shape index (κ2) is 10.2. The molecule has 1 aliphatic rings. The van der Waals surface area contributed by atoms with E-state index in [0.29, 0.717) is 11.5 Å². The maximum Gasteiger partial charge on any atom is 0.234 e. The van der Waals surface area contributed by atoms with Gasteiger partial charge >= 0.3 is 0 Å². The highest BCUT2D eigenvalue weighted by Crippen LogP contribution is 2.33. The molecule has 1 amide bonds. The Balaban J connectivity index is 1.47. The van der Waals surface area contributed by atoms with Crippen molar-refractivity contribution < 1.29 is 23.6 Å². The van der Waals surface area contributed by atoms with Gasteiger partial charge < -0.3 is 18.9 Å². The van der Waals surface area contributed by atoms with Gasteiger partial charge in [0.1, 0.15) is 11.7 Å². The van der Waals surface area contributed by atoms with Gasteiger partial charge in [-0.2, -0.15) is 0 Å². The Morgan fingerprint density at radius 3 is 2.46 bits per heavy atom. The van der Waals surface area contributed by atoms with E-state index in [4.69, 9.17) is 8.94 Å². The van der Waals surface area contributed by atoms with Gasteiger partial charge in [-0.1, -0.05) is 50.2 Å². The smallest absolute Gasteiger partial charge is 0.234 e. The van der Waals surface area contributed by atoms with Gasteiger partial charge in [0.15, 0.2) is 17.9 Å². The van der Waals surface area contributed by atoms with Crippen molar-refractivity contribution in [1.29, 1.82) is 0 Å². The average molecular weight is 480 g/mol. The van der Waals surface area contributed by atoms with Gasteiger partial charge in [0.25, 0.3) is 0 Å². The van der Waals surface area contributed by atoms with E-state index in [-0.39, 0.29) is 42.9 Å². The van der Waals surface area contributed by atoms with Crippen LogP contribution in [0.2, 0.25) is 0 Å². The van der Waals surface area contributed by atoms with Crippen LogP contribution in [0.15, 0.2) is 45.7 Å². The average Bonchev–Trinajstić information content (AvgIpc) is 3.53. The van der Waals surface area contributed by atoms with Crippen molar-refractivity contribution in [2.75, 3.05) is 6.54 Å². The molecule has 1 N–H and O–H groups in total. The molecule has 8 nitrogen and oxygen atoms in total. The largest absolute Gasteiger partial charge is 0.443 e. The van der Waals surface area contributed by atoms with Gasteiger partial charge in [0.05, 0.1) is 23.5 Å². The van der Waals surface area contributed by atoms with Gasteiger partial charge in [-0.05, 0) is 31.2 Å². The number of nitrogens with zero attached hydrogens (tertiary/aromatic N) is 3. The quantitative estimate of drug-likeness (QED) is 0.509. The third kappa shape index (κ3) is 5.22. The summed E-state index contributed by atoms with van der Waals surface area (Å²) in [6.07, 6.45) is 1.23. The van der Waals surface area contributed by atoms with Crippen LogP contribution in [0.25, 0.3) is 11.3 Å². The van der Waals surface area contributed by atoms with E-state index < -0.39 is 18.1 Å². The van der Waals surface area contributed by atoms with Crippen LogP contribution >= 0.6 is 0 Å².